The normalized spacial score (nSPS) is 13.8. The molecule has 0 spiro atoms. The highest BCUT2D eigenvalue weighted by Gasteiger charge is 2.19. The van der Waals surface area contributed by atoms with E-state index >= 15 is 0 Å². The van der Waals surface area contributed by atoms with Gasteiger partial charge in [0.25, 0.3) is 5.91 Å². The third-order valence-electron chi connectivity index (χ3n) is 4.83. The lowest BCUT2D eigenvalue weighted by molar-refractivity contribution is -0.135. The summed E-state index contributed by atoms with van der Waals surface area (Å²) in [5.41, 5.74) is 2.12. The monoisotopic (exact) mass is 377 g/mol. The van der Waals surface area contributed by atoms with Gasteiger partial charge in [0, 0.05) is 19.5 Å². The summed E-state index contributed by atoms with van der Waals surface area (Å²) in [6.07, 6.45) is -0.557. The third kappa shape index (κ3) is 3.36. The number of nitrogens with zero attached hydrogens (tertiary/aromatic N) is 1. The summed E-state index contributed by atoms with van der Waals surface area (Å²) in [7, 11) is 3.45. The van der Waals surface area contributed by atoms with Crippen molar-refractivity contribution < 1.29 is 19.0 Å². The molecule has 1 heterocycles. The Hall–Kier alpha value is -3.21. The van der Waals surface area contributed by atoms with Crippen LogP contribution in [-0.2, 0) is 4.79 Å². The molecule has 1 unspecified atom stereocenters. The highest BCUT2D eigenvalue weighted by atomic mass is 16.6. The lowest BCUT2D eigenvalue weighted by Gasteiger charge is -2.21. The molecule has 1 amide bonds. The predicted octanol–water partition coefficient (Wildman–Crippen LogP) is 4.13. The summed E-state index contributed by atoms with van der Waals surface area (Å²) in [6.45, 7) is 2.90. The zero-order valence-electron chi connectivity index (χ0n) is 16.3. The number of ether oxygens (including phenoxy) is 3. The first-order chi connectivity index (χ1) is 13.5. The van der Waals surface area contributed by atoms with Crippen molar-refractivity contribution in [2.45, 2.75) is 13.0 Å². The molecule has 144 valence electrons. The van der Waals surface area contributed by atoms with E-state index in [1.807, 2.05) is 48.5 Å². The maximum atomic E-state index is 12.2. The van der Waals surface area contributed by atoms with E-state index in [1.165, 1.54) is 4.90 Å². The summed E-state index contributed by atoms with van der Waals surface area (Å²) in [6, 6.07) is 18.0. The van der Waals surface area contributed by atoms with Gasteiger partial charge in [-0.1, -0.05) is 36.4 Å². The molecule has 1 aliphatic rings. The van der Waals surface area contributed by atoms with Gasteiger partial charge in [0.1, 0.15) is 19.0 Å². The van der Waals surface area contributed by atoms with Gasteiger partial charge in [0.2, 0.25) is 0 Å². The van der Waals surface area contributed by atoms with Crippen molar-refractivity contribution in [2.75, 3.05) is 27.3 Å². The Morgan fingerprint density at radius 3 is 2.43 bits per heavy atom. The lowest BCUT2D eigenvalue weighted by atomic mass is 9.97. The van der Waals surface area contributed by atoms with E-state index < -0.39 is 6.10 Å². The minimum absolute atomic E-state index is 0.0695. The minimum Gasteiger partial charge on any atom is -0.486 e. The van der Waals surface area contributed by atoms with E-state index in [2.05, 4.69) is 6.07 Å². The molecule has 0 saturated carbocycles. The highest BCUT2D eigenvalue weighted by Crippen LogP contribution is 2.39. The number of hydrogen-bond donors (Lipinski definition) is 0. The van der Waals surface area contributed by atoms with E-state index in [1.54, 1.807) is 21.0 Å². The quantitative estimate of drug-likeness (QED) is 0.686. The molecule has 3 aromatic rings. The number of fused-ring (bicyclic) bond motifs is 2. The third-order valence-corrected chi connectivity index (χ3v) is 4.83. The molecule has 0 fully saturated rings. The number of carbonyl (C=O) groups is 1. The fourth-order valence-electron chi connectivity index (χ4n) is 3.44. The van der Waals surface area contributed by atoms with Crippen molar-refractivity contribution in [3.05, 3.63) is 54.6 Å². The van der Waals surface area contributed by atoms with Crippen LogP contribution in [0.2, 0.25) is 0 Å². The van der Waals surface area contributed by atoms with Gasteiger partial charge in [0.05, 0.1) is 0 Å². The van der Waals surface area contributed by atoms with Crippen LogP contribution in [0.5, 0.6) is 17.2 Å². The van der Waals surface area contributed by atoms with Crippen LogP contribution in [0.15, 0.2) is 54.6 Å². The number of benzene rings is 3. The SMILES string of the molecule is CC(Oc1ccc(-c2ccc3c(c2)OCCO3)c2ccccc12)C(=O)N(C)C. The molecule has 1 aliphatic heterocycles. The van der Waals surface area contributed by atoms with Crippen LogP contribution in [0.25, 0.3) is 21.9 Å². The van der Waals surface area contributed by atoms with Crippen LogP contribution in [0.1, 0.15) is 6.92 Å². The molecular formula is C23H23NO4. The lowest BCUT2D eigenvalue weighted by Crippen LogP contribution is -2.35. The summed E-state index contributed by atoms with van der Waals surface area (Å²) in [5, 5.41) is 2.02. The summed E-state index contributed by atoms with van der Waals surface area (Å²) >= 11 is 0. The van der Waals surface area contributed by atoms with Crippen LogP contribution in [0.3, 0.4) is 0 Å². The topological polar surface area (TPSA) is 48.0 Å². The number of carbonyl (C=O) groups excluding carboxylic acids is 1. The molecule has 0 bridgehead atoms. The highest BCUT2D eigenvalue weighted by molar-refractivity contribution is 6.00. The minimum atomic E-state index is -0.557. The first-order valence-electron chi connectivity index (χ1n) is 9.34. The molecule has 5 heteroatoms. The summed E-state index contributed by atoms with van der Waals surface area (Å²) < 4.78 is 17.4. The Morgan fingerprint density at radius 2 is 1.68 bits per heavy atom. The standard InChI is InChI=1S/C23H23NO4/c1-15(23(25)24(2)3)28-20-11-9-17(18-6-4-5-7-19(18)20)16-8-10-21-22(14-16)27-13-12-26-21/h4-11,14-15H,12-13H2,1-3H3. The zero-order valence-corrected chi connectivity index (χ0v) is 16.3. The second kappa shape index (κ2) is 7.43. The van der Waals surface area contributed by atoms with E-state index in [0.29, 0.717) is 19.0 Å². The predicted molar refractivity (Wildman–Crippen MR) is 109 cm³/mol. The molecule has 0 aliphatic carbocycles. The van der Waals surface area contributed by atoms with Crippen LogP contribution in [-0.4, -0.2) is 44.2 Å². The number of rotatable bonds is 4. The fraction of sp³-hybridized carbons (Fsp3) is 0.261. The molecule has 3 aromatic carbocycles. The van der Waals surface area contributed by atoms with Gasteiger partial charge >= 0.3 is 0 Å². The van der Waals surface area contributed by atoms with Gasteiger partial charge in [-0.2, -0.15) is 0 Å². The molecule has 0 saturated heterocycles. The Labute approximate surface area is 164 Å². The van der Waals surface area contributed by atoms with Crippen molar-refractivity contribution in [1.29, 1.82) is 0 Å². The molecule has 28 heavy (non-hydrogen) atoms. The number of amides is 1. The van der Waals surface area contributed by atoms with E-state index in [-0.39, 0.29) is 5.91 Å². The van der Waals surface area contributed by atoms with Crippen molar-refractivity contribution in [2.24, 2.45) is 0 Å². The first kappa shape index (κ1) is 18.2. The maximum absolute atomic E-state index is 12.2. The molecule has 0 N–H and O–H groups in total. The van der Waals surface area contributed by atoms with Gasteiger partial charge in [-0.05, 0) is 41.6 Å². The molecule has 4 rings (SSSR count). The second-order valence-electron chi connectivity index (χ2n) is 7.01. The average Bonchev–Trinajstić information content (AvgIpc) is 2.73. The van der Waals surface area contributed by atoms with Gasteiger partial charge in [-0.3, -0.25) is 4.79 Å². The smallest absolute Gasteiger partial charge is 0.262 e. The van der Waals surface area contributed by atoms with Crippen molar-refractivity contribution in [3.63, 3.8) is 0 Å². The van der Waals surface area contributed by atoms with Crippen LogP contribution < -0.4 is 14.2 Å². The van der Waals surface area contributed by atoms with Gasteiger partial charge in [-0.15, -0.1) is 0 Å². The Balaban J connectivity index is 1.75. The fourth-order valence-corrected chi connectivity index (χ4v) is 3.44. The Morgan fingerprint density at radius 1 is 0.964 bits per heavy atom. The molecule has 0 aromatic heterocycles. The van der Waals surface area contributed by atoms with E-state index in [9.17, 15) is 4.79 Å². The molecular weight excluding hydrogens is 354 g/mol. The van der Waals surface area contributed by atoms with Gasteiger partial charge < -0.3 is 19.1 Å². The van der Waals surface area contributed by atoms with Gasteiger partial charge in [-0.25, -0.2) is 0 Å². The second-order valence-corrected chi connectivity index (χ2v) is 7.01. The maximum Gasteiger partial charge on any atom is 0.262 e. The Kier molecular flexibility index (Phi) is 4.82. The van der Waals surface area contributed by atoms with E-state index in [4.69, 9.17) is 14.2 Å². The van der Waals surface area contributed by atoms with Crippen LogP contribution in [0, 0.1) is 0 Å². The molecule has 0 radical (unpaired) electrons. The van der Waals surface area contributed by atoms with Crippen molar-refractivity contribution in [3.8, 4) is 28.4 Å². The van der Waals surface area contributed by atoms with Crippen LogP contribution >= 0.6 is 0 Å². The average molecular weight is 377 g/mol. The first-order valence-corrected chi connectivity index (χ1v) is 9.34. The summed E-state index contributed by atoms with van der Waals surface area (Å²) in [5.74, 6) is 2.16. The van der Waals surface area contributed by atoms with Gasteiger partial charge in [0.15, 0.2) is 17.6 Å². The van der Waals surface area contributed by atoms with Crippen molar-refractivity contribution >= 4 is 16.7 Å². The number of hydrogen-bond acceptors (Lipinski definition) is 4. The van der Waals surface area contributed by atoms with Crippen LogP contribution in [0.4, 0.5) is 0 Å². The largest absolute Gasteiger partial charge is 0.486 e. The zero-order chi connectivity index (χ0) is 19.7. The molecule has 5 nitrogen and oxygen atoms in total. The van der Waals surface area contributed by atoms with Crippen molar-refractivity contribution in [1.82, 2.24) is 4.90 Å². The Bertz CT molecular complexity index is 1030. The summed E-state index contributed by atoms with van der Waals surface area (Å²) in [4.78, 5) is 13.7. The van der Waals surface area contributed by atoms with E-state index in [0.717, 1.165) is 33.4 Å². The number of likely N-dealkylation sites (N-methyl/N-ethyl adjacent to an activating group) is 1. The molecule has 1 atom stereocenters.